The van der Waals surface area contributed by atoms with Gasteiger partial charge in [-0.05, 0) is 24.1 Å². The minimum atomic E-state index is -1.58. The average molecular weight is 381 g/mol. The molecular formula is C21H19NO6. The van der Waals surface area contributed by atoms with Gasteiger partial charge in [0, 0.05) is 23.3 Å². The third kappa shape index (κ3) is 3.05. The Hall–Kier alpha value is -3.48. The smallest absolute Gasteiger partial charge is 0.329 e. The van der Waals surface area contributed by atoms with E-state index in [1.807, 2.05) is 6.92 Å². The van der Waals surface area contributed by atoms with E-state index in [1.54, 1.807) is 24.3 Å². The summed E-state index contributed by atoms with van der Waals surface area (Å²) in [6.45, 7) is 1.72. The molecule has 7 heteroatoms. The molecule has 0 aliphatic heterocycles. The number of ketones is 1. The molecule has 0 spiro atoms. The van der Waals surface area contributed by atoms with Crippen LogP contribution < -0.4 is 0 Å². The summed E-state index contributed by atoms with van der Waals surface area (Å²) in [7, 11) is 1.47. The number of methoxy groups -OCH3 is 1. The molecule has 7 nitrogen and oxygen atoms in total. The maximum Gasteiger partial charge on any atom is 0.329 e. The molecule has 144 valence electrons. The number of benzene rings is 1. The summed E-state index contributed by atoms with van der Waals surface area (Å²) in [5.41, 5.74) is -0.153. The standard InChI is InChI=1S/C21H19NO6/c1-3-16-18(27-2)17-7-5-4-6-12-21(17,19(16)23)20(24)28-13-14-8-10-15(11-9-14)22(25)26/h4-12H,3,13H2,1-2H3. The first-order chi connectivity index (χ1) is 13.5. The lowest BCUT2D eigenvalue weighted by Crippen LogP contribution is -2.38. The van der Waals surface area contributed by atoms with Gasteiger partial charge in [0.2, 0.25) is 0 Å². The maximum absolute atomic E-state index is 13.2. The Morgan fingerprint density at radius 1 is 1.18 bits per heavy atom. The molecule has 0 radical (unpaired) electrons. The van der Waals surface area contributed by atoms with Gasteiger partial charge in [0.25, 0.3) is 5.69 Å². The molecule has 1 aromatic rings. The number of ether oxygens (including phenoxy) is 2. The summed E-state index contributed by atoms with van der Waals surface area (Å²) in [6.07, 6.45) is 8.75. The quantitative estimate of drug-likeness (QED) is 0.323. The topological polar surface area (TPSA) is 95.7 Å². The third-order valence-corrected chi connectivity index (χ3v) is 4.80. The van der Waals surface area contributed by atoms with Crippen LogP contribution in [0.4, 0.5) is 5.69 Å². The summed E-state index contributed by atoms with van der Waals surface area (Å²) in [4.78, 5) is 36.5. The number of esters is 1. The summed E-state index contributed by atoms with van der Waals surface area (Å²) < 4.78 is 10.9. The van der Waals surface area contributed by atoms with Crippen LogP contribution in [0.15, 0.2) is 71.6 Å². The number of nitrogens with zero attached hydrogens (tertiary/aromatic N) is 1. The minimum absolute atomic E-state index is 0.0517. The van der Waals surface area contributed by atoms with E-state index in [9.17, 15) is 19.7 Å². The van der Waals surface area contributed by atoms with E-state index in [0.29, 0.717) is 28.9 Å². The highest BCUT2D eigenvalue weighted by atomic mass is 16.6. The Labute approximate surface area is 161 Å². The van der Waals surface area contributed by atoms with Crippen LogP contribution in [0.2, 0.25) is 0 Å². The molecule has 0 N–H and O–H groups in total. The fourth-order valence-corrected chi connectivity index (χ4v) is 3.40. The van der Waals surface area contributed by atoms with Crippen molar-refractivity contribution < 1.29 is 24.0 Å². The van der Waals surface area contributed by atoms with Crippen LogP contribution >= 0.6 is 0 Å². The van der Waals surface area contributed by atoms with Gasteiger partial charge in [-0.2, -0.15) is 0 Å². The summed E-state index contributed by atoms with van der Waals surface area (Å²) >= 11 is 0. The monoisotopic (exact) mass is 381 g/mol. The van der Waals surface area contributed by atoms with Crippen molar-refractivity contribution in [2.45, 2.75) is 20.0 Å². The number of nitro benzene ring substituents is 1. The molecule has 0 aromatic heterocycles. The Balaban J connectivity index is 1.88. The highest BCUT2D eigenvalue weighted by Gasteiger charge is 2.56. The fraction of sp³-hybridized carbons (Fsp3) is 0.238. The fourth-order valence-electron chi connectivity index (χ4n) is 3.40. The zero-order valence-corrected chi connectivity index (χ0v) is 15.5. The molecule has 0 amide bonds. The molecule has 28 heavy (non-hydrogen) atoms. The Morgan fingerprint density at radius 2 is 1.89 bits per heavy atom. The summed E-state index contributed by atoms with van der Waals surface area (Å²) in [5, 5.41) is 10.7. The molecule has 1 atom stereocenters. The number of nitro groups is 1. The van der Waals surface area contributed by atoms with Gasteiger partial charge in [-0.25, -0.2) is 0 Å². The first-order valence-corrected chi connectivity index (χ1v) is 8.75. The maximum atomic E-state index is 13.2. The molecule has 0 bridgehead atoms. The van der Waals surface area contributed by atoms with E-state index in [1.165, 1.54) is 37.5 Å². The van der Waals surface area contributed by atoms with Crippen molar-refractivity contribution >= 4 is 17.4 Å². The normalized spacial score (nSPS) is 20.5. The van der Waals surface area contributed by atoms with Crippen LogP contribution in [-0.2, 0) is 25.7 Å². The molecule has 2 aliphatic rings. The lowest BCUT2D eigenvalue weighted by molar-refractivity contribution is -0.384. The minimum Gasteiger partial charge on any atom is -0.496 e. The predicted octanol–water partition coefficient (Wildman–Crippen LogP) is 3.57. The molecule has 0 fully saturated rings. The van der Waals surface area contributed by atoms with Gasteiger partial charge in [-0.1, -0.05) is 37.3 Å². The molecule has 0 heterocycles. The number of hydrogen-bond acceptors (Lipinski definition) is 6. The van der Waals surface area contributed by atoms with Gasteiger partial charge in [0.1, 0.15) is 12.4 Å². The number of fused-ring (bicyclic) bond motifs is 1. The van der Waals surface area contributed by atoms with Gasteiger partial charge < -0.3 is 9.47 Å². The second-order valence-electron chi connectivity index (χ2n) is 6.33. The first-order valence-electron chi connectivity index (χ1n) is 8.75. The van der Waals surface area contributed by atoms with Gasteiger partial charge in [0.05, 0.1) is 12.0 Å². The number of non-ortho nitro benzene ring substituents is 1. The predicted molar refractivity (Wildman–Crippen MR) is 101 cm³/mol. The Kier molecular flexibility index (Phi) is 5.26. The molecule has 0 saturated carbocycles. The van der Waals surface area contributed by atoms with Crippen LogP contribution in [0.5, 0.6) is 0 Å². The molecule has 3 rings (SSSR count). The average Bonchev–Trinajstić information content (AvgIpc) is 2.83. The molecule has 1 unspecified atom stereocenters. The second-order valence-corrected chi connectivity index (χ2v) is 6.33. The van der Waals surface area contributed by atoms with Gasteiger partial charge in [-0.3, -0.25) is 19.7 Å². The van der Waals surface area contributed by atoms with Crippen LogP contribution in [0.1, 0.15) is 18.9 Å². The van der Waals surface area contributed by atoms with Gasteiger partial charge >= 0.3 is 5.97 Å². The first kappa shape index (κ1) is 19.3. The third-order valence-electron chi connectivity index (χ3n) is 4.80. The lowest BCUT2D eigenvalue weighted by atomic mass is 9.79. The van der Waals surface area contributed by atoms with Crippen LogP contribution in [0.3, 0.4) is 0 Å². The van der Waals surface area contributed by atoms with Crippen LogP contribution in [0.25, 0.3) is 0 Å². The van der Waals surface area contributed by atoms with E-state index in [0.717, 1.165) is 0 Å². The number of Topliss-reactive ketones (excluding diaryl/α,β-unsaturated/α-hetero) is 1. The van der Waals surface area contributed by atoms with E-state index in [2.05, 4.69) is 0 Å². The summed E-state index contributed by atoms with van der Waals surface area (Å²) in [5.74, 6) is -0.664. The lowest BCUT2D eigenvalue weighted by Gasteiger charge is -2.24. The summed E-state index contributed by atoms with van der Waals surface area (Å²) in [6, 6.07) is 5.69. The molecular weight excluding hydrogens is 362 g/mol. The van der Waals surface area contributed by atoms with Crippen molar-refractivity contribution in [1.29, 1.82) is 0 Å². The number of carbonyl (C=O) groups excluding carboxylic acids is 2. The number of carbonyl (C=O) groups is 2. The molecule has 1 aromatic carbocycles. The Bertz CT molecular complexity index is 952. The van der Waals surface area contributed by atoms with Gasteiger partial charge in [0.15, 0.2) is 11.2 Å². The van der Waals surface area contributed by atoms with Gasteiger partial charge in [-0.15, -0.1) is 0 Å². The highest BCUT2D eigenvalue weighted by Crippen LogP contribution is 2.48. The van der Waals surface area contributed by atoms with Crippen molar-refractivity contribution in [2.24, 2.45) is 5.41 Å². The largest absolute Gasteiger partial charge is 0.496 e. The Morgan fingerprint density at radius 3 is 2.50 bits per heavy atom. The van der Waals surface area contributed by atoms with Crippen molar-refractivity contribution in [3.05, 3.63) is 87.2 Å². The second kappa shape index (κ2) is 7.64. The van der Waals surface area contributed by atoms with E-state index < -0.39 is 16.3 Å². The van der Waals surface area contributed by atoms with Crippen LogP contribution in [-0.4, -0.2) is 23.8 Å². The highest BCUT2D eigenvalue weighted by molar-refractivity contribution is 6.20. The van der Waals surface area contributed by atoms with Crippen molar-refractivity contribution in [2.75, 3.05) is 7.11 Å². The van der Waals surface area contributed by atoms with Crippen LogP contribution in [0, 0.1) is 15.5 Å². The zero-order valence-electron chi connectivity index (χ0n) is 15.5. The van der Waals surface area contributed by atoms with Crippen molar-refractivity contribution in [3.63, 3.8) is 0 Å². The molecule has 0 saturated heterocycles. The molecule has 2 aliphatic carbocycles. The number of hydrogen-bond donors (Lipinski definition) is 0. The zero-order chi connectivity index (χ0) is 20.3. The van der Waals surface area contributed by atoms with Crippen molar-refractivity contribution in [1.82, 2.24) is 0 Å². The number of rotatable bonds is 6. The van der Waals surface area contributed by atoms with E-state index in [4.69, 9.17) is 9.47 Å². The number of allylic oxidation sites excluding steroid dienone is 6. The van der Waals surface area contributed by atoms with E-state index >= 15 is 0 Å². The van der Waals surface area contributed by atoms with Crippen molar-refractivity contribution in [3.8, 4) is 0 Å². The SMILES string of the molecule is CCC1=C(OC)C2=CC=CC=CC2(C(=O)OCc2ccc([N+](=O)[O-])cc2)C1=O. The van der Waals surface area contributed by atoms with E-state index in [-0.39, 0.29) is 18.1 Å².